The molecule has 0 unspecified atom stereocenters. The molecule has 2 aromatic heterocycles. The zero-order valence-corrected chi connectivity index (χ0v) is 18.7. The first kappa shape index (κ1) is 19.6. The van der Waals surface area contributed by atoms with Gasteiger partial charge < -0.3 is 0 Å². The maximum absolute atomic E-state index is 5.16. The molecule has 33 heavy (non-hydrogen) atoms. The van der Waals surface area contributed by atoms with E-state index in [1.807, 2.05) is 30.3 Å². The lowest BCUT2D eigenvalue weighted by molar-refractivity contribution is 0.636. The van der Waals surface area contributed by atoms with E-state index < -0.39 is 0 Å². The van der Waals surface area contributed by atoms with Crippen molar-refractivity contribution < 1.29 is 0 Å². The van der Waals surface area contributed by atoms with E-state index in [9.17, 15) is 0 Å². The Morgan fingerprint density at radius 2 is 1.06 bits per heavy atom. The zero-order valence-electron chi connectivity index (χ0n) is 18.7. The van der Waals surface area contributed by atoms with Gasteiger partial charge in [-0.05, 0) is 26.0 Å². The molecule has 3 nitrogen and oxygen atoms in total. The van der Waals surface area contributed by atoms with Gasteiger partial charge in [0.25, 0.3) is 0 Å². The average Bonchev–Trinajstić information content (AvgIpc) is 3.11. The number of rotatable bonds is 3. The number of benzene rings is 3. The number of hydrogen-bond acceptors (Lipinski definition) is 3. The van der Waals surface area contributed by atoms with Crippen LogP contribution in [0.2, 0.25) is 0 Å². The minimum absolute atomic E-state index is 0.324. The molecule has 6 rings (SSSR count). The van der Waals surface area contributed by atoms with E-state index in [0.29, 0.717) is 0 Å². The first-order valence-corrected chi connectivity index (χ1v) is 11.2. The molecule has 0 spiro atoms. The van der Waals surface area contributed by atoms with Gasteiger partial charge in [0, 0.05) is 33.2 Å². The highest BCUT2D eigenvalue weighted by Crippen LogP contribution is 2.51. The summed E-state index contributed by atoms with van der Waals surface area (Å²) in [4.78, 5) is 15.4. The van der Waals surface area contributed by atoms with Crippen LogP contribution < -0.4 is 0 Å². The van der Waals surface area contributed by atoms with E-state index in [-0.39, 0.29) is 5.41 Å². The van der Waals surface area contributed by atoms with Crippen LogP contribution in [0.4, 0.5) is 0 Å². The van der Waals surface area contributed by atoms with Crippen LogP contribution in [0.1, 0.15) is 25.1 Å². The van der Waals surface area contributed by atoms with Crippen molar-refractivity contribution in [3.05, 3.63) is 114 Å². The molecule has 1 aliphatic carbocycles. The van der Waals surface area contributed by atoms with Crippen molar-refractivity contribution in [2.75, 3.05) is 0 Å². The average molecular weight is 426 g/mol. The minimum atomic E-state index is -0.324. The monoisotopic (exact) mass is 425 g/mol. The molecule has 3 heteroatoms. The van der Waals surface area contributed by atoms with Crippen molar-refractivity contribution in [2.24, 2.45) is 0 Å². The second kappa shape index (κ2) is 7.49. The van der Waals surface area contributed by atoms with E-state index in [0.717, 1.165) is 56.4 Å². The van der Waals surface area contributed by atoms with E-state index in [2.05, 4.69) is 86.6 Å². The lowest BCUT2D eigenvalue weighted by atomic mass is 9.83. The molecule has 1 aliphatic rings. The molecule has 0 amide bonds. The number of nitrogens with zero attached hydrogens (tertiary/aromatic N) is 3. The Bertz CT molecular complexity index is 1460. The summed E-state index contributed by atoms with van der Waals surface area (Å²) in [6, 6.07) is 35.2. The fourth-order valence-corrected chi connectivity index (χ4v) is 4.78. The quantitative estimate of drug-likeness (QED) is 0.307. The smallest absolute Gasteiger partial charge is 0.160 e. The van der Waals surface area contributed by atoms with E-state index in [1.54, 1.807) is 0 Å². The van der Waals surface area contributed by atoms with Gasteiger partial charge in [0.05, 0.1) is 22.8 Å². The van der Waals surface area contributed by atoms with Crippen LogP contribution in [-0.4, -0.2) is 15.0 Å². The molecule has 3 aromatic carbocycles. The summed E-state index contributed by atoms with van der Waals surface area (Å²) in [6.07, 6.45) is 0. The van der Waals surface area contributed by atoms with Gasteiger partial charge in [0.1, 0.15) is 0 Å². The lowest BCUT2D eigenvalue weighted by Crippen LogP contribution is -2.19. The molecular formula is C30H23N3. The predicted octanol–water partition coefficient (Wildman–Crippen LogP) is 7.18. The SMILES string of the molecule is CC1(C)c2nc(-c3ccccc3)ccc2-c2nc(-c3ccccc3)nc(-c3ccccc3)c21. The largest absolute Gasteiger partial charge is 0.251 e. The Hall–Kier alpha value is -4.11. The van der Waals surface area contributed by atoms with Crippen LogP contribution in [-0.2, 0) is 5.41 Å². The molecule has 0 aliphatic heterocycles. The van der Waals surface area contributed by atoms with E-state index in [1.165, 1.54) is 0 Å². The van der Waals surface area contributed by atoms with Gasteiger partial charge in [0.2, 0.25) is 0 Å². The number of aromatic nitrogens is 3. The summed E-state index contributed by atoms with van der Waals surface area (Å²) >= 11 is 0. The van der Waals surface area contributed by atoms with Crippen molar-refractivity contribution in [3.8, 4) is 45.2 Å². The Kier molecular flexibility index (Phi) is 4.44. The molecule has 0 fully saturated rings. The fourth-order valence-electron chi connectivity index (χ4n) is 4.78. The first-order chi connectivity index (χ1) is 16.1. The Labute approximate surface area is 193 Å². The summed E-state index contributed by atoms with van der Waals surface area (Å²) in [5.74, 6) is 0.740. The normalized spacial score (nSPS) is 13.4. The maximum Gasteiger partial charge on any atom is 0.160 e. The molecule has 0 saturated heterocycles. The molecule has 0 saturated carbocycles. The summed E-state index contributed by atoms with van der Waals surface area (Å²) in [5.41, 5.74) is 9.12. The van der Waals surface area contributed by atoms with E-state index >= 15 is 0 Å². The highest BCUT2D eigenvalue weighted by atomic mass is 14.9. The van der Waals surface area contributed by atoms with Crippen LogP contribution in [0, 0.1) is 0 Å². The molecule has 0 atom stereocenters. The molecule has 158 valence electrons. The summed E-state index contributed by atoms with van der Waals surface area (Å²) < 4.78 is 0. The maximum atomic E-state index is 5.16. The summed E-state index contributed by atoms with van der Waals surface area (Å²) in [6.45, 7) is 4.47. The van der Waals surface area contributed by atoms with Gasteiger partial charge in [-0.25, -0.2) is 9.97 Å². The number of fused-ring (bicyclic) bond motifs is 3. The standard InChI is InChI=1S/C30H23N3/c1-30(2)25-26(21-14-8-4-9-15-21)32-29(22-16-10-5-11-17-22)33-27(25)23-18-19-24(31-28(23)30)20-12-6-3-7-13-20/h3-19H,1-2H3. The summed E-state index contributed by atoms with van der Waals surface area (Å²) in [5, 5.41) is 0. The topological polar surface area (TPSA) is 38.7 Å². The van der Waals surface area contributed by atoms with Crippen LogP contribution in [0.5, 0.6) is 0 Å². The highest BCUT2D eigenvalue weighted by Gasteiger charge is 2.41. The van der Waals surface area contributed by atoms with Crippen molar-refractivity contribution >= 4 is 0 Å². The molecule has 0 radical (unpaired) electrons. The van der Waals surface area contributed by atoms with E-state index in [4.69, 9.17) is 15.0 Å². The second-order valence-electron chi connectivity index (χ2n) is 8.94. The third kappa shape index (κ3) is 3.16. The molecule has 0 bridgehead atoms. The van der Waals surface area contributed by atoms with Crippen molar-refractivity contribution in [2.45, 2.75) is 19.3 Å². The molecule has 5 aromatic rings. The Balaban J connectivity index is 1.62. The minimum Gasteiger partial charge on any atom is -0.251 e. The number of pyridine rings is 1. The first-order valence-electron chi connectivity index (χ1n) is 11.2. The van der Waals surface area contributed by atoms with Gasteiger partial charge in [-0.15, -0.1) is 0 Å². The van der Waals surface area contributed by atoms with Crippen molar-refractivity contribution in [1.29, 1.82) is 0 Å². The lowest BCUT2D eigenvalue weighted by Gasteiger charge is -2.23. The second-order valence-corrected chi connectivity index (χ2v) is 8.94. The molecular weight excluding hydrogens is 402 g/mol. The molecule has 2 heterocycles. The third-order valence-corrected chi connectivity index (χ3v) is 6.43. The van der Waals surface area contributed by atoms with Gasteiger partial charge >= 0.3 is 0 Å². The summed E-state index contributed by atoms with van der Waals surface area (Å²) in [7, 11) is 0. The predicted molar refractivity (Wildman–Crippen MR) is 134 cm³/mol. The van der Waals surface area contributed by atoms with Crippen LogP contribution in [0.3, 0.4) is 0 Å². The van der Waals surface area contributed by atoms with Crippen molar-refractivity contribution in [3.63, 3.8) is 0 Å². The Morgan fingerprint density at radius 1 is 0.515 bits per heavy atom. The molecule has 0 N–H and O–H groups in total. The zero-order chi connectivity index (χ0) is 22.4. The van der Waals surface area contributed by atoms with Gasteiger partial charge in [-0.1, -0.05) is 91.0 Å². The third-order valence-electron chi connectivity index (χ3n) is 6.43. The van der Waals surface area contributed by atoms with Gasteiger partial charge in [0.15, 0.2) is 5.82 Å². The van der Waals surface area contributed by atoms with Crippen LogP contribution in [0.25, 0.3) is 45.2 Å². The van der Waals surface area contributed by atoms with Crippen LogP contribution >= 0.6 is 0 Å². The van der Waals surface area contributed by atoms with Gasteiger partial charge in [-0.3, -0.25) is 4.98 Å². The van der Waals surface area contributed by atoms with Crippen LogP contribution in [0.15, 0.2) is 103 Å². The fraction of sp³-hybridized carbons (Fsp3) is 0.100. The van der Waals surface area contributed by atoms with Gasteiger partial charge in [-0.2, -0.15) is 0 Å². The Morgan fingerprint density at radius 3 is 1.70 bits per heavy atom. The number of hydrogen-bond donors (Lipinski definition) is 0. The highest BCUT2D eigenvalue weighted by molar-refractivity contribution is 5.85. The van der Waals surface area contributed by atoms with Crippen molar-refractivity contribution in [1.82, 2.24) is 15.0 Å².